The summed E-state index contributed by atoms with van der Waals surface area (Å²) in [6, 6.07) is 4.14. The molecular weight excluding hydrogens is 346 g/mol. The maximum atomic E-state index is 12.0. The molecule has 0 saturated heterocycles. The van der Waals surface area contributed by atoms with Crippen molar-refractivity contribution in [1.82, 2.24) is 9.97 Å². The predicted octanol–water partition coefficient (Wildman–Crippen LogP) is 3.92. The van der Waals surface area contributed by atoms with Crippen molar-refractivity contribution in [2.75, 3.05) is 11.1 Å². The number of hydrogen-bond acceptors (Lipinski definition) is 4. The van der Waals surface area contributed by atoms with Crippen LogP contribution in [0.1, 0.15) is 10.4 Å². The van der Waals surface area contributed by atoms with Gasteiger partial charge in [-0.15, -0.1) is 0 Å². The maximum Gasteiger partial charge on any atom is 0.256 e. The highest BCUT2D eigenvalue weighted by Crippen LogP contribution is 2.29. The number of aromatic nitrogens is 2. The SMILES string of the molecule is Nc1c(Cl)cc(C(=O)Nc2cc(Cl)nc(Cl)n2)cc1Cl. The molecule has 3 N–H and O–H groups in total. The largest absolute Gasteiger partial charge is 0.396 e. The zero-order valence-corrected chi connectivity index (χ0v) is 12.6. The van der Waals surface area contributed by atoms with Crippen LogP contribution in [0.4, 0.5) is 11.5 Å². The summed E-state index contributed by atoms with van der Waals surface area (Å²) in [5.41, 5.74) is 6.02. The van der Waals surface area contributed by atoms with E-state index in [0.717, 1.165) is 0 Å². The summed E-state index contributed by atoms with van der Waals surface area (Å²) in [6.45, 7) is 0. The lowest BCUT2D eigenvalue weighted by molar-refractivity contribution is 0.102. The van der Waals surface area contributed by atoms with Crippen molar-refractivity contribution >= 4 is 63.8 Å². The Balaban J connectivity index is 2.28. The lowest BCUT2D eigenvalue weighted by Gasteiger charge is -2.07. The number of nitrogens with zero attached hydrogens (tertiary/aromatic N) is 2. The molecule has 0 fully saturated rings. The van der Waals surface area contributed by atoms with Crippen LogP contribution in [-0.4, -0.2) is 15.9 Å². The molecule has 0 bridgehead atoms. The van der Waals surface area contributed by atoms with Crippen molar-refractivity contribution in [3.63, 3.8) is 0 Å². The molecule has 0 aliphatic rings. The lowest BCUT2D eigenvalue weighted by atomic mass is 10.2. The van der Waals surface area contributed by atoms with Crippen molar-refractivity contribution in [2.45, 2.75) is 0 Å². The van der Waals surface area contributed by atoms with Gasteiger partial charge < -0.3 is 11.1 Å². The van der Waals surface area contributed by atoms with Gasteiger partial charge in [0.2, 0.25) is 5.28 Å². The van der Waals surface area contributed by atoms with Crippen molar-refractivity contribution in [1.29, 1.82) is 0 Å². The number of nitrogens with one attached hydrogen (secondary N) is 1. The monoisotopic (exact) mass is 350 g/mol. The number of amides is 1. The van der Waals surface area contributed by atoms with Gasteiger partial charge in [0.25, 0.3) is 5.91 Å². The van der Waals surface area contributed by atoms with Gasteiger partial charge in [-0.2, -0.15) is 0 Å². The van der Waals surface area contributed by atoms with Gasteiger partial charge in [-0.1, -0.05) is 34.8 Å². The first-order valence-corrected chi connectivity index (χ1v) is 6.64. The summed E-state index contributed by atoms with van der Waals surface area (Å²) in [6.07, 6.45) is 0. The molecular formula is C11H6Cl4N4O. The zero-order valence-electron chi connectivity index (χ0n) is 9.62. The Kier molecular flexibility index (Phi) is 4.55. The second-order valence-corrected chi connectivity index (χ2v) is 5.19. The van der Waals surface area contributed by atoms with Crippen LogP contribution in [0.25, 0.3) is 0 Å². The minimum atomic E-state index is -0.486. The van der Waals surface area contributed by atoms with E-state index < -0.39 is 5.91 Å². The molecule has 5 nitrogen and oxygen atoms in total. The Morgan fingerprint density at radius 3 is 2.20 bits per heavy atom. The smallest absolute Gasteiger partial charge is 0.256 e. The van der Waals surface area contributed by atoms with E-state index in [0.29, 0.717) is 0 Å². The van der Waals surface area contributed by atoms with E-state index in [4.69, 9.17) is 52.1 Å². The summed E-state index contributed by atoms with van der Waals surface area (Å²) >= 11 is 23.1. The lowest BCUT2D eigenvalue weighted by Crippen LogP contribution is -2.13. The second kappa shape index (κ2) is 6.01. The molecule has 2 rings (SSSR count). The summed E-state index contributed by atoms with van der Waals surface area (Å²) in [5.74, 6) is -0.330. The molecule has 0 saturated carbocycles. The molecule has 104 valence electrons. The maximum absolute atomic E-state index is 12.0. The Labute approximate surface area is 134 Å². The topological polar surface area (TPSA) is 80.9 Å². The number of carbonyl (C=O) groups excluding carboxylic acids is 1. The van der Waals surface area contributed by atoms with Crippen LogP contribution in [0.2, 0.25) is 20.5 Å². The third-order valence-corrected chi connectivity index (χ3v) is 3.24. The second-order valence-electron chi connectivity index (χ2n) is 3.65. The van der Waals surface area contributed by atoms with Crippen molar-refractivity contribution in [3.8, 4) is 0 Å². The van der Waals surface area contributed by atoms with Gasteiger partial charge in [-0.25, -0.2) is 9.97 Å². The number of rotatable bonds is 2. The summed E-state index contributed by atoms with van der Waals surface area (Å²) in [5, 5.41) is 2.88. The molecule has 0 atom stereocenters. The molecule has 0 unspecified atom stereocenters. The number of nitrogens with two attached hydrogens (primary N) is 1. The van der Waals surface area contributed by atoms with Gasteiger partial charge in [0.15, 0.2) is 0 Å². The van der Waals surface area contributed by atoms with Gasteiger partial charge in [-0.05, 0) is 23.7 Å². The van der Waals surface area contributed by atoms with Crippen LogP contribution in [0.15, 0.2) is 18.2 Å². The molecule has 0 aliphatic carbocycles. The van der Waals surface area contributed by atoms with Crippen molar-refractivity contribution in [2.24, 2.45) is 0 Å². The van der Waals surface area contributed by atoms with Crippen molar-refractivity contribution < 1.29 is 4.79 Å². The molecule has 1 amide bonds. The van der Waals surface area contributed by atoms with Crippen LogP contribution < -0.4 is 11.1 Å². The Morgan fingerprint density at radius 2 is 1.65 bits per heavy atom. The summed E-state index contributed by atoms with van der Waals surface area (Å²) < 4.78 is 0. The standard InChI is InChI=1S/C11H6Cl4N4O/c12-5-1-4(2-6(13)9(5)16)10(20)18-8-3-7(14)17-11(15)19-8/h1-3H,16H2,(H,17,18,19,20). The van der Waals surface area contributed by atoms with Crippen molar-refractivity contribution in [3.05, 3.63) is 44.2 Å². The Hall–Kier alpha value is -1.27. The highest BCUT2D eigenvalue weighted by Gasteiger charge is 2.13. The number of halogens is 4. The predicted molar refractivity (Wildman–Crippen MR) is 80.9 cm³/mol. The normalized spacial score (nSPS) is 10.4. The van der Waals surface area contributed by atoms with Crippen LogP contribution in [0.5, 0.6) is 0 Å². The highest BCUT2D eigenvalue weighted by atomic mass is 35.5. The molecule has 2 aromatic rings. The zero-order chi connectivity index (χ0) is 14.9. The van der Waals surface area contributed by atoms with Crippen LogP contribution in [0.3, 0.4) is 0 Å². The highest BCUT2D eigenvalue weighted by molar-refractivity contribution is 6.39. The first kappa shape index (κ1) is 15.1. The fraction of sp³-hybridized carbons (Fsp3) is 0. The average Bonchev–Trinajstić information content (AvgIpc) is 2.33. The Bertz CT molecular complexity index is 649. The third kappa shape index (κ3) is 3.43. The van der Waals surface area contributed by atoms with Gasteiger partial charge in [0.05, 0.1) is 15.7 Å². The number of nitrogen functional groups attached to an aromatic ring is 1. The minimum Gasteiger partial charge on any atom is -0.396 e. The molecule has 9 heteroatoms. The summed E-state index contributed by atoms with van der Waals surface area (Å²) in [4.78, 5) is 19.5. The molecule has 0 radical (unpaired) electrons. The number of anilines is 2. The Morgan fingerprint density at radius 1 is 1.05 bits per heavy atom. The van der Waals surface area contributed by atoms with E-state index >= 15 is 0 Å². The fourth-order valence-corrected chi connectivity index (χ4v) is 2.25. The van der Waals surface area contributed by atoms with E-state index in [1.807, 2.05) is 0 Å². The van der Waals surface area contributed by atoms with Gasteiger partial charge in [0.1, 0.15) is 11.0 Å². The van der Waals surface area contributed by atoms with Crippen LogP contribution in [-0.2, 0) is 0 Å². The molecule has 0 aliphatic heterocycles. The van der Waals surface area contributed by atoms with Crippen LogP contribution in [0, 0.1) is 0 Å². The molecule has 1 heterocycles. The van der Waals surface area contributed by atoms with E-state index in [2.05, 4.69) is 15.3 Å². The van der Waals surface area contributed by atoms with E-state index in [1.54, 1.807) is 0 Å². The molecule has 20 heavy (non-hydrogen) atoms. The molecule has 1 aromatic carbocycles. The number of hydrogen-bond donors (Lipinski definition) is 2. The molecule has 1 aromatic heterocycles. The van der Waals surface area contributed by atoms with Gasteiger partial charge in [0, 0.05) is 11.6 Å². The van der Waals surface area contributed by atoms with Gasteiger partial charge in [-0.3, -0.25) is 4.79 Å². The van der Waals surface area contributed by atoms with E-state index in [9.17, 15) is 4.79 Å². The van der Waals surface area contributed by atoms with Crippen LogP contribution >= 0.6 is 46.4 Å². The third-order valence-electron chi connectivity index (χ3n) is 2.25. The first-order valence-electron chi connectivity index (χ1n) is 5.13. The first-order chi connectivity index (χ1) is 9.36. The molecule has 0 spiro atoms. The number of carbonyl (C=O) groups is 1. The number of benzene rings is 1. The van der Waals surface area contributed by atoms with Gasteiger partial charge >= 0.3 is 0 Å². The fourth-order valence-electron chi connectivity index (χ4n) is 1.36. The minimum absolute atomic E-state index is 0.0822. The quantitative estimate of drug-likeness (QED) is 0.488. The summed E-state index contributed by atoms with van der Waals surface area (Å²) in [7, 11) is 0. The van der Waals surface area contributed by atoms with E-state index in [-0.39, 0.29) is 37.6 Å². The van der Waals surface area contributed by atoms with E-state index in [1.165, 1.54) is 18.2 Å². The average molecular weight is 352 g/mol.